The number of aryl methyl sites for hydroxylation is 1. The molecule has 2 nitrogen and oxygen atoms in total. The van der Waals surface area contributed by atoms with E-state index in [2.05, 4.69) is 4.74 Å². The molecule has 0 aliphatic rings. The van der Waals surface area contributed by atoms with Gasteiger partial charge in [-0.25, -0.2) is 8.78 Å². The molecule has 0 atom stereocenters. The fourth-order valence-corrected chi connectivity index (χ4v) is 1.33. The van der Waals surface area contributed by atoms with Gasteiger partial charge in [0.1, 0.15) is 10.7 Å². The molecule has 1 aromatic rings. The summed E-state index contributed by atoms with van der Waals surface area (Å²) < 4.78 is 53.8. The molecule has 1 rings (SSSR count). The van der Waals surface area contributed by atoms with Crippen molar-refractivity contribution in [3.8, 4) is 5.75 Å². The van der Waals surface area contributed by atoms with Crippen molar-refractivity contribution in [3.05, 3.63) is 29.3 Å². The molecule has 0 saturated heterocycles. The van der Waals surface area contributed by atoms with E-state index >= 15 is 0 Å². The summed E-state index contributed by atoms with van der Waals surface area (Å²) in [5.74, 6) is -4.08. The third-order valence-corrected chi connectivity index (χ3v) is 2.43. The molecule has 0 bridgehead atoms. The molecule has 2 N–H and O–H groups in total. The maximum absolute atomic E-state index is 12.7. The van der Waals surface area contributed by atoms with Crippen LogP contribution in [0.25, 0.3) is 0 Å². The highest BCUT2D eigenvalue weighted by molar-refractivity contribution is 7.80. The second-order valence-corrected chi connectivity index (χ2v) is 4.13. The van der Waals surface area contributed by atoms with Gasteiger partial charge in [-0.1, -0.05) is 12.2 Å². The van der Waals surface area contributed by atoms with E-state index in [1.807, 2.05) is 0 Å². The van der Waals surface area contributed by atoms with Crippen molar-refractivity contribution >= 4 is 17.2 Å². The highest BCUT2D eigenvalue weighted by Crippen LogP contribution is 2.26. The average Bonchev–Trinajstić information content (AvgIpc) is 2.26. The number of thiocarbonyl (C=S) groups is 1. The average molecular weight is 281 g/mol. The standard InChI is InChI=1S/C11H11F4NOS/c1-6-4-7(9(16)18)2-3-8(6)17-5-11(14,15)10(12)13/h2-4,10H,5H2,1H3,(H2,16,18). The van der Waals surface area contributed by atoms with Crippen molar-refractivity contribution in [1.29, 1.82) is 0 Å². The third kappa shape index (κ3) is 3.56. The molecule has 100 valence electrons. The Balaban J connectivity index is 2.78. The van der Waals surface area contributed by atoms with E-state index < -0.39 is 19.0 Å². The van der Waals surface area contributed by atoms with Crippen molar-refractivity contribution in [2.24, 2.45) is 5.73 Å². The highest BCUT2D eigenvalue weighted by atomic mass is 32.1. The normalized spacial score (nSPS) is 11.7. The molecule has 0 unspecified atom stereocenters. The molecule has 1 aromatic carbocycles. The summed E-state index contributed by atoms with van der Waals surface area (Å²) >= 11 is 4.74. The number of rotatable bonds is 5. The van der Waals surface area contributed by atoms with Gasteiger partial charge < -0.3 is 10.5 Å². The summed E-state index contributed by atoms with van der Waals surface area (Å²) in [6.45, 7) is 0.204. The highest BCUT2D eigenvalue weighted by Gasteiger charge is 2.41. The predicted molar refractivity (Wildman–Crippen MR) is 63.5 cm³/mol. The predicted octanol–water partition coefficient (Wildman–Crippen LogP) is 2.91. The van der Waals surface area contributed by atoms with Crippen LogP contribution in [0.5, 0.6) is 5.75 Å². The molecule has 7 heteroatoms. The van der Waals surface area contributed by atoms with Crippen LogP contribution < -0.4 is 10.5 Å². The zero-order valence-electron chi connectivity index (χ0n) is 9.42. The van der Waals surface area contributed by atoms with Gasteiger partial charge in [0.25, 0.3) is 0 Å². The minimum atomic E-state index is -4.17. The van der Waals surface area contributed by atoms with Crippen LogP contribution in [0.2, 0.25) is 0 Å². The number of nitrogens with two attached hydrogens (primary N) is 1. The first-order chi connectivity index (χ1) is 8.24. The molecule has 0 saturated carbocycles. The zero-order chi connectivity index (χ0) is 13.9. The maximum Gasteiger partial charge on any atom is 0.340 e. The number of hydrogen-bond acceptors (Lipinski definition) is 2. The van der Waals surface area contributed by atoms with E-state index in [4.69, 9.17) is 18.0 Å². The Bertz CT molecular complexity index is 451. The Kier molecular flexibility index (Phi) is 4.50. The van der Waals surface area contributed by atoms with Gasteiger partial charge >= 0.3 is 12.3 Å². The minimum Gasteiger partial charge on any atom is -0.487 e. The summed E-state index contributed by atoms with van der Waals surface area (Å²) in [5, 5.41) is 0. The number of ether oxygens (including phenoxy) is 1. The lowest BCUT2D eigenvalue weighted by Gasteiger charge is -2.17. The molecule has 0 aliphatic heterocycles. The van der Waals surface area contributed by atoms with Crippen LogP contribution in [0.4, 0.5) is 17.6 Å². The van der Waals surface area contributed by atoms with Gasteiger partial charge in [-0.3, -0.25) is 0 Å². The number of benzene rings is 1. The lowest BCUT2D eigenvalue weighted by molar-refractivity contribution is -0.148. The molecule has 0 aliphatic carbocycles. The largest absolute Gasteiger partial charge is 0.487 e. The van der Waals surface area contributed by atoms with Gasteiger partial charge in [-0.05, 0) is 30.7 Å². The SMILES string of the molecule is Cc1cc(C(N)=S)ccc1OCC(F)(F)C(F)F. The van der Waals surface area contributed by atoms with Gasteiger partial charge in [-0.15, -0.1) is 0 Å². The second kappa shape index (κ2) is 5.51. The summed E-state index contributed by atoms with van der Waals surface area (Å²) in [5.41, 5.74) is 6.43. The Labute approximate surface area is 107 Å². The van der Waals surface area contributed by atoms with Crippen molar-refractivity contribution in [3.63, 3.8) is 0 Å². The van der Waals surface area contributed by atoms with Gasteiger partial charge in [-0.2, -0.15) is 8.78 Å². The fraction of sp³-hybridized carbons (Fsp3) is 0.364. The zero-order valence-corrected chi connectivity index (χ0v) is 10.2. The topological polar surface area (TPSA) is 35.2 Å². The van der Waals surface area contributed by atoms with E-state index in [0.29, 0.717) is 11.1 Å². The van der Waals surface area contributed by atoms with Crippen LogP contribution >= 0.6 is 12.2 Å². The van der Waals surface area contributed by atoms with E-state index in [1.54, 1.807) is 6.92 Å². The first kappa shape index (κ1) is 14.7. The minimum absolute atomic E-state index is 0.0929. The molecular formula is C11H11F4NOS. The lowest BCUT2D eigenvalue weighted by Crippen LogP contribution is -2.33. The van der Waals surface area contributed by atoms with Crippen LogP contribution in [0.3, 0.4) is 0 Å². The molecule has 0 fully saturated rings. The van der Waals surface area contributed by atoms with E-state index in [-0.39, 0.29) is 10.7 Å². The summed E-state index contributed by atoms with van der Waals surface area (Å²) in [6, 6.07) is 4.38. The lowest BCUT2D eigenvalue weighted by atomic mass is 10.1. The smallest absolute Gasteiger partial charge is 0.340 e. The monoisotopic (exact) mass is 281 g/mol. The Hall–Kier alpha value is -1.37. The number of alkyl halides is 4. The first-order valence-corrected chi connectivity index (χ1v) is 5.34. The van der Waals surface area contributed by atoms with Gasteiger partial charge in [0.15, 0.2) is 6.61 Å². The van der Waals surface area contributed by atoms with Crippen LogP contribution in [0.1, 0.15) is 11.1 Å². The summed E-state index contributed by atoms with van der Waals surface area (Å²) in [4.78, 5) is 0.155. The number of hydrogen-bond donors (Lipinski definition) is 1. The van der Waals surface area contributed by atoms with Crippen LogP contribution in [0.15, 0.2) is 18.2 Å². The fourth-order valence-electron chi connectivity index (χ4n) is 1.20. The number of halogens is 4. The van der Waals surface area contributed by atoms with Crippen molar-refractivity contribution in [1.82, 2.24) is 0 Å². The van der Waals surface area contributed by atoms with Gasteiger partial charge in [0.05, 0.1) is 0 Å². The van der Waals surface area contributed by atoms with Crippen LogP contribution in [-0.2, 0) is 0 Å². The molecular weight excluding hydrogens is 270 g/mol. The summed E-state index contributed by atoms with van der Waals surface area (Å²) in [6.07, 6.45) is -3.76. The van der Waals surface area contributed by atoms with E-state index in [9.17, 15) is 17.6 Å². The quantitative estimate of drug-likeness (QED) is 0.666. The molecule has 0 amide bonds. The molecule has 18 heavy (non-hydrogen) atoms. The Morgan fingerprint density at radius 2 is 2.06 bits per heavy atom. The summed E-state index contributed by atoms with van der Waals surface area (Å²) in [7, 11) is 0. The van der Waals surface area contributed by atoms with Crippen molar-refractivity contribution < 1.29 is 22.3 Å². The van der Waals surface area contributed by atoms with Gasteiger partial charge in [0, 0.05) is 5.56 Å². The van der Waals surface area contributed by atoms with E-state index in [0.717, 1.165) is 0 Å². The molecule has 0 radical (unpaired) electrons. The van der Waals surface area contributed by atoms with Gasteiger partial charge in [0.2, 0.25) is 0 Å². The third-order valence-electron chi connectivity index (χ3n) is 2.20. The molecule has 0 heterocycles. The second-order valence-electron chi connectivity index (χ2n) is 3.69. The molecule has 0 spiro atoms. The van der Waals surface area contributed by atoms with Crippen molar-refractivity contribution in [2.45, 2.75) is 19.3 Å². The Morgan fingerprint density at radius 1 is 1.44 bits per heavy atom. The maximum atomic E-state index is 12.7. The Morgan fingerprint density at radius 3 is 2.50 bits per heavy atom. The first-order valence-electron chi connectivity index (χ1n) is 4.93. The van der Waals surface area contributed by atoms with Crippen LogP contribution in [0, 0.1) is 6.92 Å². The van der Waals surface area contributed by atoms with Crippen molar-refractivity contribution in [2.75, 3.05) is 6.61 Å². The van der Waals surface area contributed by atoms with Crippen LogP contribution in [-0.4, -0.2) is 23.9 Å². The molecule has 0 aromatic heterocycles. The van der Waals surface area contributed by atoms with E-state index in [1.165, 1.54) is 18.2 Å².